The molecule has 0 aromatic heterocycles. The SMILES string of the molecule is CC(OC(=O)C1CC2c3ccccc3C1c1ccccc12)C(=O)Oc1c(F)c(F)c(S(=O)(=O)[O-])c(F)c1F. The minimum Gasteiger partial charge on any atom is -0.744 e. The van der Waals surface area contributed by atoms with Gasteiger partial charge in [-0.1, -0.05) is 48.5 Å². The second-order valence-corrected chi connectivity index (χ2v) is 10.3. The molecule has 0 saturated heterocycles. The second kappa shape index (κ2) is 9.21. The average molecular weight is 549 g/mol. The van der Waals surface area contributed by atoms with E-state index in [-0.39, 0.29) is 11.8 Å². The predicted octanol–water partition coefficient (Wildman–Crippen LogP) is 4.28. The first-order chi connectivity index (χ1) is 17.9. The van der Waals surface area contributed by atoms with Crippen molar-refractivity contribution in [3.63, 3.8) is 0 Å². The number of halogens is 4. The molecule has 0 N–H and O–H groups in total. The molecule has 2 unspecified atom stereocenters. The maximum absolute atomic E-state index is 14.2. The molecule has 198 valence electrons. The average Bonchev–Trinajstić information content (AvgIpc) is 2.89. The molecular formula is C26H17F4O7S-. The normalized spacial score (nSPS) is 20.3. The van der Waals surface area contributed by atoms with Crippen molar-refractivity contribution in [1.82, 2.24) is 0 Å². The Balaban J connectivity index is 1.38. The minimum absolute atomic E-state index is 0.0999. The summed E-state index contributed by atoms with van der Waals surface area (Å²) in [5.74, 6) is -15.4. The molecule has 3 aromatic rings. The lowest BCUT2D eigenvalue weighted by molar-refractivity contribution is -0.165. The summed E-state index contributed by atoms with van der Waals surface area (Å²) in [4.78, 5) is 23.2. The molecule has 0 saturated carbocycles. The van der Waals surface area contributed by atoms with Gasteiger partial charge in [0.25, 0.3) is 0 Å². The highest BCUT2D eigenvalue weighted by Gasteiger charge is 2.47. The molecule has 6 rings (SSSR count). The highest BCUT2D eigenvalue weighted by atomic mass is 32.2. The third-order valence-electron chi connectivity index (χ3n) is 6.87. The molecule has 0 fully saturated rings. The van der Waals surface area contributed by atoms with Crippen LogP contribution in [-0.2, 0) is 24.4 Å². The van der Waals surface area contributed by atoms with Gasteiger partial charge in [0.15, 0.2) is 17.7 Å². The van der Waals surface area contributed by atoms with Gasteiger partial charge in [-0.15, -0.1) is 0 Å². The second-order valence-electron chi connectivity index (χ2n) is 9.00. The van der Waals surface area contributed by atoms with Crippen LogP contribution in [0.25, 0.3) is 0 Å². The molecular weight excluding hydrogens is 532 g/mol. The summed E-state index contributed by atoms with van der Waals surface area (Å²) in [5, 5.41) is 0. The molecule has 0 spiro atoms. The van der Waals surface area contributed by atoms with Gasteiger partial charge < -0.3 is 14.0 Å². The van der Waals surface area contributed by atoms with E-state index in [1.807, 2.05) is 48.5 Å². The summed E-state index contributed by atoms with van der Waals surface area (Å²) in [5.41, 5.74) is 4.02. The van der Waals surface area contributed by atoms with Crippen LogP contribution < -0.4 is 4.74 Å². The Labute approximate surface area is 213 Å². The van der Waals surface area contributed by atoms with Gasteiger partial charge in [0.05, 0.1) is 5.92 Å². The van der Waals surface area contributed by atoms with E-state index in [9.17, 15) is 40.1 Å². The Morgan fingerprint density at radius 3 is 1.82 bits per heavy atom. The van der Waals surface area contributed by atoms with E-state index in [0.29, 0.717) is 6.42 Å². The molecule has 0 aliphatic heterocycles. The van der Waals surface area contributed by atoms with Gasteiger partial charge in [0.1, 0.15) is 15.0 Å². The number of ether oxygens (including phenoxy) is 2. The lowest BCUT2D eigenvalue weighted by atomic mass is 9.59. The van der Waals surface area contributed by atoms with Gasteiger partial charge >= 0.3 is 11.9 Å². The molecule has 12 heteroatoms. The third kappa shape index (κ3) is 4.04. The fourth-order valence-corrected chi connectivity index (χ4v) is 5.88. The van der Waals surface area contributed by atoms with E-state index in [1.54, 1.807) is 0 Å². The fourth-order valence-electron chi connectivity index (χ4n) is 5.26. The molecule has 0 heterocycles. The zero-order valence-corrected chi connectivity index (χ0v) is 20.2. The first-order valence-corrected chi connectivity index (χ1v) is 12.7. The first kappa shape index (κ1) is 25.9. The molecule has 2 bridgehead atoms. The quantitative estimate of drug-likeness (QED) is 0.154. The van der Waals surface area contributed by atoms with Gasteiger partial charge in [0, 0.05) is 11.8 Å². The largest absolute Gasteiger partial charge is 0.744 e. The maximum Gasteiger partial charge on any atom is 0.352 e. The van der Waals surface area contributed by atoms with Crippen molar-refractivity contribution in [2.45, 2.75) is 36.2 Å². The molecule has 7 nitrogen and oxygen atoms in total. The number of carbonyl (C=O) groups is 2. The minimum atomic E-state index is -5.94. The van der Waals surface area contributed by atoms with Crippen molar-refractivity contribution in [2.75, 3.05) is 0 Å². The van der Waals surface area contributed by atoms with Crippen LogP contribution in [0, 0.1) is 29.2 Å². The van der Waals surface area contributed by atoms with E-state index in [4.69, 9.17) is 4.74 Å². The van der Waals surface area contributed by atoms with Crippen LogP contribution in [0.1, 0.15) is 47.4 Å². The Bertz CT molecular complexity index is 1530. The lowest BCUT2D eigenvalue weighted by Gasteiger charge is -2.44. The van der Waals surface area contributed by atoms with Gasteiger partial charge in [-0.05, 0) is 35.6 Å². The molecule has 3 aromatic carbocycles. The highest BCUT2D eigenvalue weighted by Crippen LogP contribution is 2.55. The standard InChI is InChI=1S/C26H18F4O7S/c1-11(25(31)37-23-19(27)21(29)24(38(33,34)35)22(30)20(23)28)36-26(32)17-10-16-12-6-2-4-8-14(12)18(17)15-9-5-3-7-13(15)16/h2-9,11,16-18H,10H2,1H3,(H,33,34,35)/p-1. The maximum atomic E-state index is 14.2. The Morgan fingerprint density at radius 1 is 0.868 bits per heavy atom. The van der Waals surface area contributed by atoms with E-state index >= 15 is 0 Å². The van der Waals surface area contributed by atoms with Gasteiger partial charge in [0.2, 0.25) is 17.4 Å². The van der Waals surface area contributed by atoms with E-state index in [0.717, 1.165) is 29.2 Å². The number of carbonyl (C=O) groups excluding carboxylic acids is 2. The van der Waals surface area contributed by atoms with Crippen molar-refractivity contribution in [2.24, 2.45) is 5.92 Å². The van der Waals surface area contributed by atoms with Crippen molar-refractivity contribution < 1.29 is 49.6 Å². The monoisotopic (exact) mass is 549 g/mol. The van der Waals surface area contributed by atoms with Crippen molar-refractivity contribution >= 4 is 22.1 Å². The van der Waals surface area contributed by atoms with Crippen LogP contribution in [0.3, 0.4) is 0 Å². The smallest absolute Gasteiger partial charge is 0.352 e. The van der Waals surface area contributed by atoms with Crippen LogP contribution in [0.5, 0.6) is 5.75 Å². The summed E-state index contributed by atoms with van der Waals surface area (Å²) in [6, 6.07) is 15.3. The number of rotatable bonds is 5. The fraction of sp³-hybridized carbons (Fsp3) is 0.231. The Morgan fingerprint density at radius 2 is 1.34 bits per heavy atom. The van der Waals surface area contributed by atoms with Gasteiger partial charge in [-0.25, -0.2) is 22.0 Å². The van der Waals surface area contributed by atoms with Crippen LogP contribution >= 0.6 is 0 Å². The third-order valence-corrected chi connectivity index (χ3v) is 7.73. The number of fused-ring (bicyclic) bond motifs is 1. The zero-order chi connectivity index (χ0) is 27.5. The highest BCUT2D eigenvalue weighted by molar-refractivity contribution is 7.85. The Kier molecular flexibility index (Phi) is 6.27. The number of esters is 2. The van der Waals surface area contributed by atoms with Gasteiger partial charge in [-0.3, -0.25) is 4.79 Å². The van der Waals surface area contributed by atoms with E-state index in [1.165, 1.54) is 0 Å². The van der Waals surface area contributed by atoms with Crippen molar-refractivity contribution in [3.05, 3.63) is 94.1 Å². The molecule has 38 heavy (non-hydrogen) atoms. The van der Waals surface area contributed by atoms with Gasteiger partial charge in [-0.2, -0.15) is 8.78 Å². The summed E-state index contributed by atoms with van der Waals surface area (Å²) < 4.78 is 99.0. The van der Waals surface area contributed by atoms with E-state index in [2.05, 4.69) is 4.74 Å². The summed E-state index contributed by atoms with van der Waals surface area (Å²) in [6.45, 7) is 1.03. The zero-order valence-electron chi connectivity index (χ0n) is 19.4. The first-order valence-electron chi connectivity index (χ1n) is 11.3. The summed E-state index contributed by atoms with van der Waals surface area (Å²) >= 11 is 0. The predicted molar refractivity (Wildman–Crippen MR) is 120 cm³/mol. The molecule has 3 aliphatic carbocycles. The molecule has 2 atom stereocenters. The number of hydrogen-bond acceptors (Lipinski definition) is 7. The number of hydrogen-bond donors (Lipinski definition) is 0. The summed E-state index contributed by atoms with van der Waals surface area (Å²) in [7, 11) is -5.94. The Hall–Kier alpha value is -3.77. The molecule has 3 aliphatic rings. The molecule has 0 radical (unpaired) electrons. The summed E-state index contributed by atoms with van der Waals surface area (Å²) in [6.07, 6.45) is -1.38. The van der Waals surface area contributed by atoms with Crippen LogP contribution in [0.2, 0.25) is 0 Å². The van der Waals surface area contributed by atoms with Crippen molar-refractivity contribution in [3.8, 4) is 5.75 Å². The van der Waals surface area contributed by atoms with Crippen LogP contribution in [-0.4, -0.2) is 31.0 Å². The van der Waals surface area contributed by atoms with E-state index < -0.39 is 68.0 Å². The van der Waals surface area contributed by atoms with Crippen molar-refractivity contribution in [1.29, 1.82) is 0 Å². The number of benzene rings is 3. The van der Waals surface area contributed by atoms with Crippen LogP contribution in [0.4, 0.5) is 17.6 Å². The lowest BCUT2D eigenvalue weighted by Crippen LogP contribution is -2.39. The van der Waals surface area contributed by atoms with Crippen LogP contribution in [0.15, 0.2) is 53.4 Å². The molecule has 0 amide bonds. The topological polar surface area (TPSA) is 110 Å².